The van der Waals surface area contributed by atoms with E-state index in [0.717, 1.165) is 0 Å². The Bertz CT molecular complexity index is 167. The summed E-state index contributed by atoms with van der Waals surface area (Å²) >= 11 is 0. The minimum Gasteiger partial charge on any atom is -0.381 e. The molecule has 8 heavy (non-hydrogen) atoms. The molecular weight excluding hydrogens is 107 g/mol. The third-order valence-electron chi connectivity index (χ3n) is 0.734. The van der Waals surface area contributed by atoms with E-state index < -0.39 is 5.82 Å². The van der Waals surface area contributed by atoms with Gasteiger partial charge in [-0.3, -0.25) is 0 Å². The molecule has 41 valence electrons. The molecule has 0 bridgehead atoms. The predicted octanol–water partition coefficient (Wildman–Crippen LogP) is 0.603. The minimum atomic E-state index is -0.497. The molecular formula is C5H4FN2. The Morgan fingerprint density at radius 2 is 2.50 bits per heavy atom. The minimum absolute atomic E-state index is 0.104. The molecule has 2 N–H and O–H groups in total. The van der Waals surface area contributed by atoms with E-state index in [9.17, 15) is 4.39 Å². The standard InChI is InChI=1S/C5H4FN2/c6-4-2-1-3-8-5(4)7/h1-2H,(H2,7,8). The lowest BCUT2D eigenvalue weighted by Gasteiger charge is -1.88. The van der Waals surface area contributed by atoms with Crippen molar-refractivity contribution in [2.45, 2.75) is 0 Å². The maximum Gasteiger partial charge on any atom is 0.165 e. The zero-order chi connectivity index (χ0) is 5.98. The summed E-state index contributed by atoms with van der Waals surface area (Å²) in [5.74, 6) is -0.601. The van der Waals surface area contributed by atoms with Crippen molar-refractivity contribution in [3.63, 3.8) is 0 Å². The molecule has 0 fully saturated rings. The van der Waals surface area contributed by atoms with Crippen LogP contribution in [-0.4, -0.2) is 4.98 Å². The zero-order valence-corrected chi connectivity index (χ0v) is 4.06. The first-order chi connectivity index (χ1) is 3.80. The van der Waals surface area contributed by atoms with Crippen molar-refractivity contribution < 1.29 is 4.39 Å². The van der Waals surface area contributed by atoms with Crippen LogP contribution in [0.3, 0.4) is 0 Å². The number of anilines is 1. The summed E-state index contributed by atoms with van der Waals surface area (Å²) in [6.07, 6.45) is 2.39. The normalized spacial score (nSPS) is 9.12. The molecule has 0 aliphatic heterocycles. The summed E-state index contributed by atoms with van der Waals surface area (Å²) < 4.78 is 12.1. The van der Waals surface area contributed by atoms with Crippen molar-refractivity contribution in [3.05, 3.63) is 24.1 Å². The van der Waals surface area contributed by atoms with Crippen molar-refractivity contribution in [2.75, 3.05) is 5.73 Å². The molecule has 0 spiro atoms. The lowest BCUT2D eigenvalue weighted by atomic mass is 10.4. The maximum atomic E-state index is 12.1. The van der Waals surface area contributed by atoms with Crippen LogP contribution in [0.25, 0.3) is 0 Å². The van der Waals surface area contributed by atoms with Crippen molar-refractivity contribution >= 4 is 5.82 Å². The molecule has 1 heterocycles. The first-order valence-corrected chi connectivity index (χ1v) is 2.09. The topological polar surface area (TPSA) is 38.9 Å². The van der Waals surface area contributed by atoms with Crippen LogP contribution >= 0.6 is 0 Å². The first kappa shape index (κ1) is 5.03. The summed E-state index contributed by atoms with van der Waals surface area (Å²) in [5.41, 5.74) is 5.00. The Hall–Kier alpha value is -1.12. The van der Waals surface area contributed by atoms with Gasteiger partial charge >= 0.3 is 0 Å². The summed E-state index contributed by atoms with van der Waals surface area (Å²) in [4.78, 5) is 3.36. The number of halogens is 1. The highest BCUT2D eigenvalue weighted by atomic mass is 19.1. The van der Waals surface area contributed by atoms with Gasteiger partial charge in [0.25, 0.3) is 0 Å². The SMILES string of the molecule is Nc1n[c]ccc1F. The molecule has 1 aromatic heterocycles. The molecule has 0 atom stereocenters. The van der Waals surface area contributed by atoms with E-state index in [1.54, 1.807) is 0 Å². The van der Waals surface area contributed by atoms with E-state index >= 15 is 0 Å². The van der Waals surface area contributed by atoms with Crippen LogP contribution in [-0.2, 0) is 0 Å². The number of hydrogen-bond donors (Lipinski definition) is 1. The fourth-order valence-corrected chi connectivity index (χ4v) is 0.356. The molecule has 0 amide bonds. The molecule has 1 radical (unpaired) electrons. The van der Waals surface area contributed by atoms with E-state index in [4.69, 9.17) is 5.73 Å². The zero-order valence-electron chi connectivity index (χ0n) is 4.06. The summed E-state index contributed by atoms with van der Waals surface area (Å²) in [7, 11) is 0. The van der Waals surface area contributed by atoms with Gasteiger partial charge in [-0.1, -0.05) is 0 Å². The largest absolute Gasteiger partial charge is 0.381 e. The number of aromatic nitrogens is 1. The van der Waals surface area contributed by atoms with Gasteiger partial charge in [0.2, 0.25) is 0 Å². The van der Waals surface area contributed by atoms with Gasteiger partial charge in [0.1, 0.15) is 0 Å². The number of pyridine rings is 1. The second kappa shape index (κ2) is 1.78. The highest BCUT2D eigenvalue weighted by Crippen LogP contribution is 2.00. The Kier molecular flexibility index (Phi) is 1.12. The van der Waals surface area contributed by atoms with Crippen molar-refractivity contribution in [1.29, 1.82) is 0 Å². The van der Waals surface area contributed by atoms with Gasteiger partial charge in [0, 0.05) is 0 Å². The highest BCUT2D eigenvalue weighted by Gasteiger charge is 1.91. The van der Waals surface area contributed by atoms with E-state index in [2.05, 4.69) is 11.2 Å². The van der Waals surface area contributed by atoms with Gasteiger partial charge in [-0.05, 0) is 12.1 Å². The van der Waals surface area contributed by atoms with Crippen LogP contribution in [0.1, 0.15) is 0 Å². The molecule has 1 rings (SSSR count). The van der Waals surface area contributed by atoms with Gasteiger partial charge < -0.3 is 5.73 Å². The lowest BCUT2D eigenvalue weighted by Crippen LogP contribution is -1.92. The molecule has 1 aromatic rings. The van der Waals surface area contributed by atoms with Gasteiger partial charge in [-0.2, -0.15) is 0 Å². The van der Waals surface area contributed by atoms with Crippen molar-refractivity contribution in [2.24, 2.45) is 0 Å². The summed E-state index contributed by atoms with van der Waals surface area (Å²) in [5, 5.41) is 0. The third-order valence-corrected chi connectivity index (χ3v) is 0.734. The van der Waals surface area contributed by atoms with Crippen LogP contribution in [0.2, 0.25) is 0 Å². The first-order valence-electron chi connectivity index (χ1n) is 2.09. The molecule has 3 heteroatoms. The fourth-order valence-electron chi connectivity index (χ4n) is 0.356. The van der Waals surface area contributed by atoms with Gasteiger partial charge in [0.15, 0.2) is 11.6 Å². The number of hydrogen-bond acceptors (Lipinski definition) is 2. The number of nitrogens with two attached hydrogens (primary N) is 1. The average molecular weight is 111 g/mol. The van der Waals surface area contributed by atoms with Gasteiger partial charge in [-0.15, -0.1) is 0 Å². The van der Waals surface area contributed by atoms with Crippen LogP contribution in [0.15, 0.2) is 12.1 Å². The quantitative estimate of drug-likeness (QED) is 0.532. The van der Waals surface area contributed by atoms with Crippen LogP contribution in [0.5, 0.6) is 0 Å². The van der Waals surface area contributed by atoms with Gasteiger partial charge in [0.05, 0.1) is 6.20 Å². The van der Waals surface area contributed by atoms with Crippen LogP contribution in [0, 0.1) is 12.0 Å². The molecule has 0 unspecified atom stereocenters. The molecule has 0 aliphatic rings. The molecule has 0 saturated carbocycles. The van der Waals surface area contributed by atoms with Crippen LogP contribution in [0.4, 0.5) is 10.2 Å². The fraction of sp³-hybridized carbons (Fsp3) is 0. The van der Waals surface area contributed by atoms with Crippen molar-refractivity contribution in [3.8, 4) is 0 Å². The second-order valence-corrected chi connectivity index (χ2v) is 1.31. The van der Waals surface area contributed by atoms with Gasteiger partial charge in [-0.25, -0.2) is 9.37 Å². The second-order valence-electron chi connectivity index (χ2n) is 1.31. The van der Waals surface area contributed by atoms with Crippen LogP contribution < -0.4 is 5.73 Å². The Morgan fingerprint density at radius 1 is 1.75 bits per heavy atom. The monoisotopic (exact) mass is 111 g/mol. The highest BCUT2D eigenvalue weighted by molar-refractivity contribution is 5.27. The average Bonchev–Trinajstić information content (AvgIpc) is 1.77. The van der Waals surface area contributed by atoms with E-state index in [1.165, 1.54) is 12.1 Å². The van der Waals surface area contributed by atoms with E-state index in [0.29, 0.717) is 0 Å². The number of rotatable bonds is 0. The third kappa shape index (κ3) is 0.753. The Balaban J connectivity index is 3.13. The summed E-state index contributed by atoms with van der Waals surface area (Å²) in [6, 6.07) is 2.58. The van der Waals surface area contributed by atoms with E-state index in [-0.39, 0.29) is 5.82 Å². The molecule has 0 aliphatic carbocycles. The Labute approximate surface area is 46.2 Å². The molecule has 0 saturated heterocycles. The smallest absolute Gasteiger partial charge is 0.165 e. The molecule has 0 aromatic carbocycles. The number of nitrogens with zero attached hydrogens (tertiary/aromatic N) is 1. The number of nitrogen functional groups attached to an aromatic ring is 1. The maximum absolute atomic E-state index is 12.1. The lowest BCUT2D eigenvalue weighted by molar-refractivity contribution is 0.627. The van der Waals surface area contributed by atoms with Crippen molar-refractivity contribution in [1.82, 2.24) is 4.98 Å². The predicted molar refractivity (Wildman–Crippen MR) is 27.4 cm³/mol. The Morgan fingerprint density at radius 3 is 2.88 bits per heavy atom. The molecule has 2 nitrogen and oxygen atoms in total. The summed E-state index contributed by atoms with van der Waals surface area (Å²) in [6.45, 7) is 0. The van der Waals surface area contributed by atoms with E-state index in [1.807, 2.05) is 0 Å².